The van der Waals surface area contributed by atoms with Crippen molar-refractivity contribution in [1.82, 2.24) is 14.3 Å². The summed E-state index contributed by atoms with van der Waals surface area (Å²) in [7, 11) is 4.12. The number of hydrogen-bond donors (Lipinski definition) is 1. The number of aromatic nitrogens is 2. The van der Waals surface area contributed by atoms with Gasteiger partial charge >= 0.3 is 11.9 Å². The molecule has 10 heteroatoms. The summed E-state index contributed by atoms with van der Waals surface area (Å²) in [6.45, 7) is 23.1. The first kappa shape index (κ1) is 43.9. The number of halogens is 1. The van der Waals surface area contributed by atoms with E-state index in [4.69, 9.17) is 16.3 Å². The molecule has 0 bridgehead atoms. The third kappa shape index (κ3) is 6.55. The Hall–Kier alpha value is -3.17. The molecule has 5 aliphatic rings. The van der Waals surface area contributed by atoms with Crippen LogP contribution in [0.1, 0.15) is 138 Å². The molecule has 5 aliphatic carbocycles. The van der Waals surface area contributed by atoms with Crippen molar-refractivity contribution in [3.05, 3.63) is 62.0 Å². The zero-order chi connectivity index (χ0) is 43.4. The lowest BCUT2D eigenvalue weighted by Gasteiger charge is -2.72. The fourth-order valence-corrected chi connectivity index (χ4v) is 14.5. The molecule has 1 aromatic heterocycles. The molecule has 0 saturated heterocycles. The van der Waals surface area contributed by atoms with Crippen LogP contribution < -0.4 is 5.56 Å². The number of ketones is 1. The highest BCUT2D eigenvalue weighted by molar-refractivity contribution is 6.30. The summed E-state index contributed by atoms with van der Waals surface area (Å²) >= 11 is 6.34. The molecule has 0 amide bonds. The van der Waals surface area contributed by atoms with E-state index in [1.54, 1.807) is 13.8 Å². The third-order valence-corrected chi connectivity index (χ3v) is 17.7. The van der Waals surface area contributed by atoms with Gasteiger partial charge in [0.1, 0.15) is 6.10 Å². The van der Waals surface area contributed by atoms with E-state index in [2.05, 4.69) is 72.1 Å². The zero-order valence-electron chi connectivity index (χ0n) is 37.9. The molecule has 7 rings (SSSR count). The Morgan fingerprint density at radius 2 is 1.59 bits per heavy atom. The summed E-state index contributed by atoms with van der Waals surface area (Å²) in [6.07, 6.45) is 7.68. The summed E-state index contributed by atoms with van der Waals surface area (Å²) in [5.74, 6) is -0.103. The van der Waals surface area contributed by atoms with Crippen LogP contribution in [0, 0.1) is 57.7 Å². The van der Waals surface area contributed by atoms with Crippen molar-refractivity contribution in [1.29, 1.82) is 0 Å². The van der Waals surface area contributed by atoms with E-state index in [0.717, 1.165) is 80.4 Å². The highest BCUT2D eigenvalue weighted by Crippen LogP contribution is 2.77. The number of carboxylic acids is 1. The number of likely N-dealkylation sites (N-methyl/N-ethyl adjacent to an activating group) is 1. The molecule has 0 spiro atoms. The van der Waals surface area contributed by atoms with Crippen molar-refractivity contribution < 1.29 is 24.2 Å². The molecule has 1 unspecified atom stereocenters. The van der Waals surface area contributed by atoms with Gasteiger partial charge in [0.2, 0.25) is 0 Å². The van der Waals surface area contributed by atoms with Crippen molar-refractivity contribution in [2.24, 2.45) is 50.7 Å². The van der Waals surface area contributed by atoms with E-state index in [9.17, 15) is 24.3 Å². The number of carbonyl (C=O) groups is 3. The number of aliphatic carboxylic acids is 1. The molecule has 1 aromatic carbocycles. The lowest BCUT2D eigenvalue weighted by Crippen LogP contribution is -2.66. The molecule has 324 valence electrons. The second kappa shape index (κ2) is 14.7. The normalized spacial score (nSPS) is 34.1. The molecular weight excluding hydrogens is 762 g/mol. The molecule has 4 fully saturated rings. The Balaban J connectivity index is 1.29. The van der Waals surface area contributed by atoms with E-state index in [-0.39, 0.29) is 57.4 Å². The minimum absolute atomic E-state index is 0.00797. The number of carbonyl (C=O) groups excluding carboxylic acids is 2. The minimum atomic E-state index is -1.18. The van der Waals surface area contributed by atoms with Gasteiger partial charge in [-0.2, -0.15) is 0 Å². The van der Waals surface area contributed by atoms with Crippen LogP contribution in [-0.4, -0.2) is 63.8 Å². The van der Waals surface area contributed by atoms with Crippen LogP contribution in [0.25, 0.3) is 5.69 Å². The van der Waals surface area contributed by atoms with Crippen LogP contribution in [-0.2, 0) is 31.1 Å². The molecule has 8 atom stereocenters. The summed E-state index contributed by atoms with van der Waals surface area (Å²) in [5.41, 5.74) is 2.78. The van der Waals surface area contributed by atoms with E-state index in [0.29, 0.717) is 29.8 Å². The topological polar surface area (TPSA) is 111 Å². The molecule has 9 nitrogen and oxygen atoms in total. The number of esters is 1. The van der Waals surface area contributed by atoms with E-state index in [1.807, 2.05) is 35.9 Å². The number of fused-ring (bicyclic) bond motifs is 7. The molecule has 1 heterocycles. The quantitative estimate of drug-likeness (QED) is 0.238. The first-order chi connectivity index (χ1) is 27.4. The molecule has 1 N–H and O–H groups in total. The highest BCUT2D eigenvalue weighted by atomic mass is 35.5. The number of nitrogens with zero attached hydrogens (tertiary/aromatic N) is 3. The first-order valence-electron chi connectivity index (χ1n) is 22.3. The van der Waals surface area contributed by atoms with Crippen molar-refractivity contribution in [2.75, 3.05) is 20.6 Å². The van der Waals surface area contributed by atoms with Gasteiger partial charge in [-0.15, -0.1) is 0 Å². The van der Waals surface area contributed by atoms with Crippen LogP contribution in [0.3, 0.4) is 0 Å². The zero-order valence-corrected chi connectivity index (χ0v) is 38.6. The number of Topliss-reactive ketones (excluding diaryl/α,β-unsaturated/α-hetero) is 1. The van der Waals surface area contributed by atoms with Gasteiger partial charge < -0.3 is 14.7 Å². The van der Waals surface area contributed by atoms with Crippen molar-refractivity contribution >= 4 is 29.3 Å². The van der Waals surface area contributed by atoms with Crippen LogP contribution in [0.4, 0.5) is 0 Å². The number of ether oxygens (including phenoxy) is 1. The fraction of sp³-hybridized carbons (Fsp3) is 0.714. The maximum atomic E-state index is 14.7. The Bertz CT molecular complexity index is 2130. The second-order valence-corrected chi connectivity index (χ2v) is 22.4. The monoisotopic (exact) mass is 831 g/mol. The average Bonchev–Trinajstić information content (AvgIpc) is 3.58. The second-order valence-electron chi connectivity index (χ2n) is 22.0. The van der Waals surface area contributed by atoms with Crippen molar-refractivity contribution in [2.45, 2.75) is 152 Å². The van der Waals surface area contributed by atoms with Crippen LogP contribution >= 0.6 is 11.6 Å². The number of rotatable bonds is 10. The van der Waals surface area contributed by atoms with Crippen LogP contribution in [0.2, 0.25) is 5.02 Å². The number of hydrogen-bond acceptors (Lipinski definition) is 6. The van der Waals surface area contributed by atoms with E-state index >= 15 is 0 Å². The maximum Gasteiger partial charge on any atom is 0.309 e. The summed E-state index contributed by atoms with van der Waals surface area (Å²) in [4.78, 5) is 56.5. The van der Waals surface area contributed by atoms with E-state index in [1.165, 1.54) is 5.57 Å². The van der Waals surface area contributed by atoms with Crippen LogP contribution in [0.5, 0.6) is 0 Å². The Kier molecular flexibility index (Phi) is 11.0. The fourth-order valence-electron chi connectivity index (χ4n) is 14.3. The largest absolute Gasteiger partial charge is 0.481 e. The SMILES string of the molecule is Cc1c(C23CC[C@]4(C)[C@H](CC[C@@H]5[C@@]6(C)CC[C@H](OC(=O)CC(C)(C)C(=O)O)C(C)(C)[C@@H]6CC[C@]54C)C2=C(C(C)C)C(=O)C3)n(CCN(C)C)n(-c2ccc(Cl)cc2)c1=O. The molecule has 0 radical (unpaired) electrons. The number of allylic oxidation sites excluding steroid dienone is 2. The maximum absolute atomic E-state index is 14.7. The molecule has 0 aliphatic heterocycles. The standard InChI is InChI=1S/C49H70ClN3O6/c1-29(2)39-34(54)27-49(41-30(3)42(56)53(52(41)26-25-51(11)12)32-15-13-31(50)14-16-32)24-23-47(9)33(40(39)49)17-18-36-46(8)21-20-37(59-38(55)28-44(4,5)43(57)58)45(6,7)35(46)19-22-48(36,47)10/h13-16,29,33,35-37H,17-28H2,1-12H3,(H,57,58)/t33-,35+,36-,37+,46+,47-,48-,49?/m1/s1. The summed E-state index contributed by atoms with van der Waals surface area (Å²) in [6, 6.07) is 7.52. The van der Waals surface area contributed by atoms with E-state index < -0.39 is 22.8 Å². The van der Waals surface area contributed by atoms with Gasteiger partial charge in [-0.3, -0.25) is 23.9 Å². The smallest absolute Gasteiger partial charge is 0.309 e. The molecule has 2 aromatic rings. The first-order valence-corrected chi connectivity index (χ1v) is 22.7. The molecule has 4 saturated carbocycles. The lowest BCUT2D eigenvalue weighted by molar-refractivity contribution is -0.232. The van der Waals surface area contributed by atoms with Gasteiger partial charge in [-0.1, -0.05) is 60.1 Å². The van der Waals surface area contributed by atoms with Gasteiger partial charge in [0.15, 0.2) is 5.78 Å². The highest BCUT2D eigenvalue weighted by Gasteiger charge is 2.71. The predicted molar refractivity (Wildman–Crippen MR) is 233 cm³/mol. The van der Waals surface area contributed by atoms with Gasteiger partial charge in [-0.25, -0.2) is 4.68 Å². The lowest BCUT2D eigenvalue weighted by atomic mass is 9.33. The average molecular weight is 833 g/mol. The number of carboxylic acid groups (broad SMARTS) is 1. The minimum Gasteiger partial charge on any atom is -0.481 e. The van der Waals surface area contributed by atoms with Crippen LogP contribution in [0.15, 0.2) is 40.2 Å². The van der Waals surface area contributed by atoms with Gasteiger partial charge in [0.05, 0.1) is 29.8 Å². The Labute approximate surface area is 357 Å². The molecular formula is C49H70ClN3O6. The van der Waals surface area contributed by atoms with Gasteiger partial charge in [-0.05, 0) is 162 Å². The van der Waals surface area contributed by atoms with Crippen molar-refractivity contribution in [3.8, 4) is 5.69 Å². The third-order valence-electron chi connectivity index (χ3n) is 17.5. The van der Waals surface area contributed by atoms with Gasteiger partial charge in [0.25, 0.3) is 5.56 Å². The van der Waals surface area contributed by atoms with Gasteiger partial charge in [0, 0.05) is 34.4 Å². The predicted octanol–water partition coefficient (Wildman–Crippen LogP) is 9.81. The van der Waals surface area contributed by atoms with Crippen molar-refractivity contribution in [3.63, 3.8) is 0 Å². The summed E-state index contributed by atoms with van der Waals surface area (Å²) in [5, 5.41) is 10.3. The number of benzene rings is 1. The Morgan fingerprint density at radius 3 is 2.20 bits per heavy atom. The molecule has 59 heavy (non-hydrogen) atoms. The summed E-state index contributed by atoms with van der Waals surface area (Å²) < 4.78 is 10.3. The Morgan fingerprint density at radius 1 is 0.932 bits per heavy atom.